The molecule has 0 aromatic heterocycles. The van der Waals surface area contributed by atoms with Crippen LogP contribution in [0.4, 0.5) is 0 Å². The number of methoxy groups -OCH3 is 1. The van der Waals surface area contributed by atoms with E-state index < -0.39 is 0 Å². The number of carbonyl (C=O) groups excluding carboxylic acids is 1. The van der Waals surface area contributed by atoms with E-state index in [4.69, 9.17) is 4.74 Å². The van der Waals surface area contributed by atoms with Crippen molar-refractivity contribution in [2.75, 3.05) is 68.1 Å². The minimum absolute atomic E-state index is 0.0257. The summed E-state index contributed by atoms with van der Waals surface area (Å²) in [6.45, 7) is 4.34. The van der Waals surface area contributed by atoms with Crippen LogP contribution in [0.5, 0.6) is 0 Å². The molecule has 0 saturated heterocycles. The number of amides is 1. The molecule has 1 amide bonds. The van der Waals surface area contributed by atoms with Gasteiger partial charge in [0.1, 0.15) is 0 Å². The lowest BCUT2D eigenvalue weighted by Gasteiger charge is -2.17. The highest BCUT2D eigenvalue weighted by Gasteiger charge is 2.08. The zero-order valence-corrected chi connectivity index (χ0v) is 17.4. The predicted octanol–water partition coefficient (Wildman–Crippen LogP) is 1.06. The SMILES string of the molecule is CN=C(NCCCN(C)CCOC)NCCc1cccc(C(=O)N(C)C)c1. The summed E-state index contributed by atoms with van der Waals surface area (Å²) >= 11 is 0. The highest BCUT2D eigenvalue weighted by Crippen LogP contribution is 2.07. The predicted molar refractivity (Wildman–Crippen MR) is 112 cm³/mol. The number of likely N-dealkylation sites (N-methyl/N-ethyl adjacent to an activating group) is 1. The number of ether oxygens (including phenoxy) is 1. The molecule has 7 heteroatoms. The molecule has 0 fully saturated rings. The Kier molecular flexibility index (Phi) is 11.1. The highest BCUT2D eigenvalue weighted by atomic mass is 16.5. The Hall–Kier alpha value is -2.12. The molecule has 1 aromatic rings. The summed E-state index contributed by atoms with van der Waals surface area (Å²) < 4.78 is 5.08. The second-order valence-corrected chi connectivity index (χ2v) is 6.73. The van der Waals surface area contributed by atoms with Gasteiger partial charge < -0.3 is 25.2 Å². The molecule has 0 unspecified atom stereocenters. The number of carbonyl (C=O) groups is 1. The first-order valence-electron chi connectivity index (χ1n) is 9.40. The van der Waals surface area contributed by atoms with Crippen molar-refractivity contribution in [3.63, 3.8) is 0 Å². The van der Waals surface area contributed by atoms with E-state index in [0.717, 1.165) is 62.7 Å². The molecule has 0 heterocycles. The first-order chi connectivity index (χ1) is 13.0. The van der Waals surface area contributed by atoms with Gasteiger partial charge in [0.25, 0.3) is 5.91 Å². The second-order valence-electron chi connectivity index (χ2n) is 6.73. The number of aliphatic imine (C=N–C) groups is 1. The summed E-state index contributed by atoms with van der Waals surface area (Å²) in [7, 11) is 9.13. The zero-order chi connectivity index (χ0) is 20.1. The number of nitrogens with zero attached hydrogens (tertiary/aromatic N) is 3. The molecule has 0 spiro atoms. The van der Waals surface area contributed by atoms with Crippen molar-refractivity contribution in [3.05, 3.63) is 35.4 Å². The first-order valence-corrected chi connectivity index (χ1v) is 9.40. The Morgan fingerprint density at radius 1 is 1.15 bits per heavy atom. The van der Waals surface area contributed by atoms with Crippen LogP contribution in [0.15, 0.2) is 29.3 Å². The van der Waals surface area contributed by atoms with Gasteiger partial charge in [-0.3, -0.25) is 9.79 Å². The van der Waals surface area contributed by atoms with Crippen LogP contribution in [0, 0.1) is 0 Å². The van der Waals surface area contributed by atoms with E-state index in [-0.39, 0.29) is 5.91 Å². The summed E-state index contributed by atoms with van der Waals surface area (Å²) in [4.78, 5) is 20.1. The third kappa shape index (κ3) is 9.40. The monoisotopic (exact) mass is 377 g/mol. The van der Waals surface area contributed by atoms with Gasteiger partial charge in [0.05, 0.1) is 6.61 Å². The lowest BCUT2D eigenvalue weighted by atomic mass is 10.1. The molecule has 1 rings (SSSR count). The molecular formula is C20H35N5O2. The van der Waals surface area contributed by atoms with Gasteiger partial charge in [-0.2, -0.15) is 0 Å². The Balaban J connectivity index is 2.31. The van der Waals surface area contributed by atoms with Crippen LogP contribution in [0.25, 0.3) is 0 Å². The molecule has 0 radical (unpaired) electrons. The van der Waals surface area contributed by atoms with E-state index >= 15 is 0 Å². The fourth-order valence-corrected chi connectivity index (χ4v) is 2.58. The van der Waals surface area contributed by atoms with Crippen molar-refractivity contribution < 1.29 is 9.53 Å². The highest BCUT2D eigenvalue weighted by molar-refractivity contribution is 5.94. The van der Waals surface area contributed by atoms with E-state index in [9.17, 15) is 4.79 Å². The smallest absolute Gasteiger partial charge is 0.253 e. The molecule has 0 saturated carbocycles. The molecule has 0 bridgehead atoms. The van der Waals surface area contributed by atoms with Crippen LogP contribution < -0.4 is 10.6 Å². The topological polar surface area (TPSA) is 69.2 Å². The van der Waals surface area contributed by atoms with E-state index in [1.807, 2.05) is 24.3 Å². The van der Waals surface area contributed by atoms with Crippen LogP contribution >= 0.6 is 0 Å². The molecule has 0 aliphatic rings. The number of guanidine groups is 1. The summed E-state index contributed by atoms with van der Waals surface area (Å²) in [5.41, 5.74) is 1.85. The summed E-state index contributed by atoms with van der Waals surface area (Å²) in [5.74, 6) is 0.827. The summed E-state index contributed by atoms with van der Waals surface area (Å²) in [5, 5.41) is 6.65. The number of hydrogen-bond acceptors (Lipinski definition) is 4. The molecule has 7 nitrogen and oxygen atoms in total. The standard InChI is InChI=1S/C20H35N5O2/c1-21-20(22-11-7-13-25(4)14-15-27-5)23-12-10-17-8-6-9-18(16-17)19(26)24(2)3/h6,8-9,16H,7,10-15H2,1-5H3,(H2,21,22,23). The van der Waals surface area contributed by atoms with Gasteiger partial charge in [0.15, 0.2) is 5.96 Å². The van der Waals surface area contributed by atoms with Crippen LogP contribution in [0.3, 0.4) is 0 Å². The lowest BCUT2D eigenvalue weighted by molar-refractivity contribution is 0.0827. The van der Waals surface area contributed by atoms with E-state index in [0.29, 0.717) is 0 Å². The maximum Gasteiger partial charge on any atom is 0.253 e. The fraction of sp³-hybridized carbons (Fsp3) is 0.600. The minimum atomic E-state index is 0.0257. The molecule has 2 N–H and O–H groups in total. The summed E-state index contributed by atoms with van der Waals surface area (Å²) in [6, 6.07) is 7.78. The number of benzene rings is 1. The van der Waals surface area contributed by atoms with Gasteiger partial charge in [-0.1, -0.05) is 12.1 Å². The molecule has 0 aliphatic carbocycles. The van der Waals surface area contributed by atoms with Gasteiger partial charge in [-0.05, 0) is 44.1 Å². The Bertz CT molecular complexity index is 589. The van der Waals surface area contributed by atoms with Crippen LogP contribution in [0.1, 0.15) is 22.3 Å². The molecule has 152 valence electrons. The molecule has 0 atom stereocenters. The Morgan fingerprint density at radius 2 is 1.89 bits per heavy atom. The van der Waals surface area contributed by atoms with Crippen molar-refractivity contribution in [2.24, 2.45) is 4.99 Å². The van der Waals surface area contributed by atoms with Crippen molar-refractivity contribution in [1.82, 2.24) is 20.4 Å². The normalized spacial score (nSPS) is 11.6. The van der Waals surface area contributed by atoms with Crippen molar-refractivity contribution in [2.45, 2.75) is 12.8 Å². The molecule has 0 aliphatic heterocycles. The van der Waals surface area contributed by atoms with Gasteiger partial charge in [0.2, 0.25) is 0 Å². The maximum absolute atomic E-state index is 12.0. The zero-order valence-electron chi connectivity index (χ0n) is 17.4. The van der Waals surface area contributed by atoms with E-state index in [1.165, 1.54) is 0 Å². The largest absolute Gasteiger partial charge is 0.383 e. The van der Waals surface area contributed by atoms with Gasteiger partial charge in [-0.25, -0.2) is 0 Å². The molecule has 27 heavy (non-hydrogen) atoms. The number of nitrogens with one attached hydrogen (secondary N) is 2. The average Bonchev–Trinajstić information content (AvgIpc) is 2.67. The van der Waals surface area contributed by atoms with Crippen LogP contribution in [-0.4, -0.2) is 89.8 Å². The van der Waals surface area contributed by atoms with Crippen molar-refractivity contribution in [1.29, 1.82) is 0 Å². The quantitative estimate of drug-likeness (QED) is 0.343. The molecule has 1 aromatic carbocycles. The average molecular weight is 378 g/mol. The summed E-state index contributed by atoms with van der Waals surface area (Å²) in [6.07, 6.45) is 1.87. The maximum atomic E-state index is 12.0. The molecular weight excluding hydrogens is 342 g/mol. The van der Waals surface area contributed by atoms with Crippen molar-refractivity contribution >= 4 is 11.9 Å². The van der Waals surface area contributed by atoms with Gasteiger partial charge >= 0.3 is 0 Å². The number of hydrogen-bond donors (Lipinski definition) is 2. The Labute approximate surface area is 163 Å². The lowest BCUT2D eigenvalue weighted by Crippen LogP contribution is -2.39. The second kappa shape index (κ2) is 13.1. The van der Waals surface area contributed by atoms with Crippen LogP contribution in [0.2, 0.25) is 0 Å². The first kappa shape index (κ1) is 22.9. The number of rotatable bonds is 11. The third-order valence-electron chi connectivity index (χ3n) is 4.20. The van der Waals surface area contributed by atoms with Gasteiger partial charge in [0, 0.05) is 53.5 Å². The van der Waals surface area contributed by atoms with Gasteiger partial charge in [-0.15, -0.1) is 0 Å². The fourth-order valence-electron chi connectivity index (χ4n) is 2.58. The van der Waals surface area contributed by atoms with E-state index in [1.54, 1.807) is 33.2 Å². The third-order valence-corrected chi connectivity index (χ3v) is 4.20. The Morgan fingerprint density at radius 3 is 2.56 bits per heavy atom. The van der Waals surface area contributed by atoms with Crippen LogP contribution in [-0.2, 0) is 11.2 Å². The van der Waals surface area contributed by atoms with Crippen molar-refractivity contribution in [3.8, 4) is 0 Å². The minimum Gasteiger partial charge on any atom is -0.383 e. The van der Waals surface area contributed by atoms with E-state index in [2.05, 4.69) is 27.6 Å².